The third-order valence-electron chi connectivity index (χ3n) is 3.30. The Kier molecular flexibility index (Phi) is 4.18. The predicted molar refractivity (Wildman–Crippen MR) is 72.7 cm³/mol. The summed E-state index contributed by atoms with van der Waals surface area (Å²) in [5.74, 6) is 1.41. The van der Waals surface area contributed by atoms with Crippen LogP contribution in [0.1, 0.15) is 43.5 Å². The monoisotopic (exact) mass is 247 g/mol. The Labute approximate surface area is 108 Å². The van der Waals surface area contributed by atoms with E-state index in [1.54, 1.807) is 12.3 Å². The van der Waals surface area contributed by atoms with Gasteiger partial charge in [-0.25, -0.2) is 4.98 Å². The van der Waals surface area contributed by atoms with Gasteiger partial charge in [0.05, 0.1) is 5.56 Å². The molecular formula is C14H21N3O. The van der Waals surface area contributed by atoms with Gasteiger partial charge < -0.3 is 10.6 Å². The number of nitrogens with zero attached hydrogens (tertiary/aromatic N) is 1. The van der Waals surface area contributed by atoms with Gasteiger partial charge in [0.1, 0.15) is 5.82 Å². The van der Waals surface area contributed by atoms with Gasteiger partial charge in [-0.2, -0.15) is 0 Å². The Morgan fingerprint density at radius 1 is 1.50 bits per heavy atom. The Balaban J connectivity index is 2.00. The maximum atomic E-state index is 12.1. The minimum atomic E-state index is -0.0152. The molecule has 1 aromatic rings. The fraction of sp³-hybridized carbons (Fsp3) is 0.571. The molecular weight excluding hydrogens is 226 g/mol. The van der Waals surface area contributed by atoms with Gasteiger partial charge in [0, 0.05) is 18.8 Å². The summed E-state index contributed by atoms with van der Waals surface area (Å²) < 4.78 is 0. The average molecular weight is 247 g/mol. The molecule has 0 aliphatic heterocycles. The number of hydrogen-bond donors (Lipinski definition) is 2. The third kappa shape index (κ3) is 3.00. The lowest BCUT2D eigenvalue weighted by molar-refractivity contribution is 0.0896. The zero-order valence-electron chi connectivity index (χ0n) is 11.1. The average Bonchev–Trinajstić information content (AvgIpc) is 2.34. The predicted octanol–water partition coefficient (Wildman–Crippen LogP) is 2.43. The summed E-state index contributed by atoms with van der Waals surface area (Å²) in [7, 11) is 0. The van der Waals surface area contributed by atoms with Crippen LogP contribution in [-0.4, -0.2) is 23.5 Å². The normalized spacial score (nSPS) is 22.1. The van der Waals surface area contributed by atoms with E-state index in [1.807, 2.05) is 6.07 Å². The highest BCUT2D eigenvalue weighted by atomic mass is 16.1. The van der Waals surface area contributed by atoms with Gasteiger partial charge >= 0.3 is 0 Å². The van der Waals surface area contributed by atoms with E-state index >= 15 is 0 Å². The van der Waals surface area contributed by atoms with Gasteiger partial charge in [-0.15, -0.1) is 0 Å². The van der Waals surface area contributed by atoms with E-state index in [2.05, 4.69) is 29.5 Å². The maximum Gasteiger partial charge on any atom is 0.255 e. The van der Waals surface area contributed by atoms with Crippen LogP contribution in [0.3, 0.4) is 0 Å². The topological polar surface area (TPSA) is 54.0 Å². The molecule has 1 heterocycles. The number of rotatable bonds is 5. The zero-order valence-corrected chi connectivity index (χ0v) is 11.1. The Morgan fingerprint density at radius 2 is 2.28 bits per heavy atom. The van der Waals surface area contributed by atoms with Crippen LogP contribution < -0.4 is 10.6 Å². The fourth-order valence-corrected chi connectivity index (χ4v) is 2.26. The molecule has 2 N–H and O–H groups in total. The molecule has 2 rings (SSSR count). The summed E-state index contributed by atoms with van der Waals surface area (Å²) in [6.45, 7) is 5.13. The van der Waals surface area contributed by atoms with Crippen molar-refractivity contribution in [2.24, 2.45) is 5.92 Å². The van der Waals surface area contributed by atoms with Crippen LogP contribution in [0.4, 0.5) is 5.82 Å². The van der Waals surface area contributed by atoms with Crippen LogP contribution in [0, 0.1) is 5.92 Å². The van der Waals surface area contributed by atoms with Crippen molar-refractivity contribution >= 4 is 11.7 Å². The lowest BCUT2D eigenvalue weighted by Crippen LogP contribution is -2.43. The highest BCUT2D eigenvalue weighted by Gasteiger charge is 2.27. The Hall–Kier alpha value is -1.58. The molecule has 0 aromatic carbocycles. The molecule has 0 saturated heterocycles. The molecule has 1 fully saturated rings. The van der Waals surface area contributed by atoms with E-state index in [0.717, 1.165) is 31.7 Å². The Bertz CT molecular complexity index is 413. The Morgan fingerprint density at radius 3 is 2.94 bits per heavy atom. The maximum absolute atomic E-state index is 12.1. The summed E-state index contributed by atoms with van der Waals surface area (Å²) in [5, 5.41) is 6.25. The van der Waals surface area contributed by atoms with Crippen molar-refractivity contribution in [3.8, 4) is 0 Å². The smallest absolute Gasteiger partial charge is 0.255 e. The van der Waals surface area contributed by atoms with E-state index in [-0.39, 0.29) is 5.91 Å². The van der Waals surface area contributed by atoms with E-state index in [1.165, 1.54) is 0 Å². The number of nitrogens with one attached hydrogen (secondary N) is 2. The van der Waals surface area contributed by atoms with Crippen LogP contribution in [0.2, 0.25) is 0 Å². The standard InChI is InChI=1S/C14H21N3O/c1-3-6-15-13-12(5-4-7-16-13)14(18)17-11-8-10(2)9-11/h4-5,7,10-11H,3,6,8-9H2,1-2H3,(H,15,16)(H,17,18). The second-order valence-electron chi connectivity index (χ2n) is 5.07. The van der Waals surface area contributed by atoms with Gasteiger partial charge in [-0.1, -0.05) is 13.8 Å². The van der Waals surface area contributed by atoms with Crippen molar-refractivity contribution in [3.63, 3.8) is 0 Å². The van der Waals surface area contributed by atoms with E-state index < -0.39 is 0 Å². The fourth-order valence-electron chi connectivity index (χ4n) is 2.26. The first-order valence-electron chi connectivity index (χ1n) is 6.70. The van der Waals surface area contributed by atoms with Crippen molar-refractivity contribution in [3.05, 3.63) is 23.9 Å². The molecule has 4 heteroatoms. The molecule has 0 radical (unpaired) electrons. The van der Waals surface area contributed by atoms with Crippen LogP contribution >= 0.6 is 0 Å². The first-order chi connectivity index (χ1) is 8.70. The molecule has 1 aliphatic carbocycles. The van der Waals surface area contributed by atoms with Crippen molar-refractivity contribution in [1.82, 2.24) is 10.3 Å². The lowest BCUT2D eigenvalue weighted by atomic mass is 9.82. The molecule has 0 atom stereocenters. The number of carbonyl (C=O) groups is 1. The number of hydrogen-bond acceptors (Lipinski definition) is 3. The van der Waals surface area contributed by atoms with Crippen LogP contribution in [-0.2, 0) is 0 Å². The molecule has 4 nitrogen and oxygen atoms in total. The van der Waals surface area contributed by atoms with Crippen molar-refractivity contribution in [2.75, 3.05) is 11.9 Å². The third-order valence-corrected chi connectivity index (χ3v) is 3.30. The van der Waals surface area contributed by atoms with Gasteiger partial charge in [-0.05, 0) is 37.3 Å². The van der Waals surface area contributed by atoms with E-state index in [0.29, 0.717) is 17.4 Å². The molecule has 18 heavy (non-hydrogen) atoms. The highest BCUT2D eigenvalue weighted by molar-refractivity contribution is 5.98. The molecule has 1 aliphatic rings. The molecule has 0 spiro atoms. The molecule has 98 valence electrons. The zero-order chi connectivity index (χ0) is 13.0. The van der Waals surface area contributed by atoms with Gasteiger partial charge in [-0.3, -0.25) is 4.79 Å². The summed E-state index contributed by atoms with van der Waals surface area (Å²) in [5.41, 5.74) is 0.644. The van der Waals surface area contributed by atoms with Gasteiger partial charge in [0.2, 0.25) is 0 Å². The van der Waals surface area contributed by atoms with Crippen molar-refractivity contribution in [2.45, 2.75) is 39.2 Å². The minimum absolute atomic E-state index is 0.0152. The van der Waals surface area contributed by atoms with E-state index in [4.69, 9.17) is 0 Å². The first kappa shape index (κ1) is 12.9. The SMILES string of the molecule is CCCNc1ncccc1C(=O)NC1CC(C)C1. The molecule has 1 amide bonds. The molecule has 1 aromatic heterocycles. The first-order valence-corrected chi connectivity index (χ1v) is 6.70. The van der Waals surface area contributed by atoms with Crippen molar-refractivity contribution in [1.29, 1.82) is 0 Å². The largest absolute Gasteiger partial charge is 0.369 e. The van der Waals surface area contributed by atoms with Crippen LogP contribution in [0.25, 0.3) is 0 Å². The number of anilines is 1. The van der Waals surface area contributed by atoms with Crippen molar-refractivity contribution < 1.29 is 4.79 Å². The van der Waals surface area contributed by atoms with Gasteiger partial charge in [0.15, 0.2) is 0 Å². The molecule has 0 unspecified atom stereocenters. The summed E-state index contributed by atoms with van der Waals surface area (Å²) in [4.78, 5) is 16.4. The minimum Gasteiger partial charge on any atom is -0.369 e. The highest BCUT2D eigenvalue weighted by Crippen LogP contribution is 2.26. The lowest BCUT2D eigenvalue weighted by Gasteiger charge is -2.33. The number of carbonyl (C=O) groups excluding carboxylic acids is 1. The summed E-state index contributed by atoms with van der Waals surface area (Å²) >= 11 is 0. The number of pyridine rings is 1. The number of aromatic nitrogens is 1. The van der Waals surface area contributed by atoms with Crippen LogP contribution in [0.5, 0.6) is 0 Å². The van der Waals surface area contributed by atoms with E-state index in [9.17, 15) is 4.79 Å². The molecule has 0 bridgehead atoms. The molecule has 1 saturated carbocycles. The quantitative estimate of drug-likeness (QED) is 0.840. The summed E-state index contributed by atoms with van der Waals surface area (Å²) in [6, 6.07) is 3.96. The second kappa shape index (κ2) is 5.85. The van der Waals surface area contributed by atoms with Crippen LogP contribution in [0.15, 0.2) is 18.3 Å². The second-order valence-corrected chi connectivity index (χ2v) is 5.07. The van der Waals surface area contributed by atoms with Gasteiger partial charge in [0.25, 0.3) is 5.91 Å². The number of amides is 1. The summed E-state index contributed by atoms with van der Waals surface area (Å²) in [6.07, 6.45) is 4.89.